The minimum atomic E-state index is -0.708. The molecule has 246 valence electrons. The second-order valence-corrected chi connectivity index (χ2v) is 14.2. The average Bonchev–Trinajstić information content (AvgIpc) is 3.73. The van der Waals surface area contributed by atoms with Gasteiger partial charge in [-0.2, -0.15) is 5.10 Å². The number of nitrogens with zero attached hydrogens (tertiary/aromatic N) is 8. The van der Waals surface area contributed by atoms with Crippen LogP contribution in [0.4, 0.5) is 9.59 Å². The van der Waals surface area contributed by atoms with E-state index in [1.54, 1.807) is 37.4 Å². The molecule has 0 N–H and O–H groups in total. The van der Waals surface area contributed by atoms with Gasteiger partial charge in [0, 0.05) is 41.8 Å². The Bertz CT molecular complexity index is 1870. The van der Waals surface area contributed by atoms with Crippen LogP contribution in [0.5, 0.6) is 0 Å². The minimum Gasteiger partial charge on any atom is -0.444 e. The molecule has 0 saturated heterocycles. The van der Waals surface area contributed by atoms with Gasteiger partial charge in [-0.05, 0) is 90.1 Å². The Kier molecular flexibility index (Phi) is 8.61. The SMILES string of the molecule is CC(C)(C)OC(=O)N(Cc1cc2ccc(Cn3cc(-c4cncc(-n5cccn5)c4)nn3)cc2n1C(=O)OC(C)(C)C)CC1CCC1. The molecule has 0 spiro atoms. The fraction of sp³-hybridized carbons (Fsp3) is 0.429. The molecule has 0 atom stereocenters. The summed E-state index contributed by atoms with van der Waals surface area (Å²) in [6.07, 6.45) is 11.4. The lowest BCUT2D eigenvalue weighted by molar-refractivity contribution is 0.0163. The summed E-state index contributed by atoms with van der Waals surface area (Å²) in [5.41, 5.74) is 3.25. The van der Waals surface area contributed by atoms with Crippen molar-refractivity contribution in [3.63, 3.8) is 0 Å². The third kappa shape index (κ3) is 7.70. The standard InChI is InChI=1S/C35H42N8O4/c1-34(2,3)46-32(44)40(20-24-9-7-10-24)22-29-16-26-12-11-25(15-31(26)43(29)33(45)47-35(4,5)6)21-41-23-30(38-39-41)27-17-28(19-36-18-27)42-14-8-13-37-42/h8,11-19,23-24H,7,9-10,20-22H2,1-6H3. The molecular weight excluding hydrogens is 596 g/mol. The quantitative estimate of drug-likeness (QED) is 0.181. The predicted octanol–water partition coefficient (Wildman–Crippen LogP) is 6.85. The molecule has 47 heavy (non-hydrogen) atoms. The van der Waals surface area contributed by atoms with E-state index in [0.717, 1.165) is 41.5 Å². The van der Waals surface area contributed by atoms with Gasteiger partial charge in [0.15, 0.2) is 0 Å². The fourth-order valence-electron chi connectivity index (χ4n) is 5.56. The Hall–Kier alpha value is -5.00. The number of pyridine rings is 1. The van der Waals surface area contributed by atoms with Gasteiger partial charge in [-0.15, -0.1) is 5.10 Å². The highest BCUT2D eigenvalue weighted by atomic mass is 16.6. The minimum absolute atomic E-state index is 0.215. The molecule has 6 rings (SSSR count). The topological polar surface area (TPSA) is 122 Å². The van der Waals surface area contributed by atoms with Gasteiger partial charge in [-0.3, -0.25) is 4.98 Å². The summed E-state index contributed by atoms with van der Waals surface area (Å²) in [5.74, 6) is 0.421. The number of aromatic nitrogens is 7. The van der Waals surface area contributed by atoms with E-state index >= 15 is 0 Å². The normalized spacial score (nSPS) is 13.8. The van der Waals surface area contributed by atoms with E-state index in [2.05, 4.69) is 20.4 Å². The van der Waals surface area contributed by atoms with E-state index in [0.29, 0.717) is 35.9 Å². The molecule has 0 aliphatic heterocycles. The van der Waals surface area contributed by atoms with Crippen molar-refractivity contribution in [2.45, 2.75) is 85.1 Å². The second kappa shape index (κ2) is 12.7. The molecule has 4 heterocycles. The lowest BCUT2D eigenvalue weighted by Gasteiger charge is -2.33. The van der Waals surface area contributed by atoms with Crippen molar-refractivity contribution in [2.75, 3.05) is 6.54 Å². The maximum Gasteiger partial charge on any atom is 0.419 e. The van der Waals surface area contributed by atoms with Crippen molar-refractivity contribution in [1.82, 2.24) is 39.2 Å². The molecule has 5 aromatic rings. The summed E-state index contributed by atoms with van der Waals surface area (Å²) in [7, 11) is 0. The Morgan fingerprint density at radius 1 is 1.00 bits per heavy atom. The Balaban J connectivity index is 1.30. The molecule has 1 amide bonds. The van der Waals surface area contributed by atoms with Crippen molar-refractivity contribution >= 4 is 23.1 Å². The van der Waals surface area contributed by atoms with Crippen molar-refractivity contribution in [3.8, 4) is 16.9 Å². The van der Waals surface area contributed by atoms with Crippen LogP contribution in [-0.4, -0.2) is 69.2 Å². The summed E-state index contributed by atoms with van der Waals surface area (Å²) in [4.78, 5) is 33.2. The molecule has 12 nitrogen and oxygen atoms in total. The number of carbonyl (C=O) groups is 2. The van der Waals surface area contributed by atoms with E-state index < -0.39 is 23.4 Å². The van der Waals surface area contributed by atoms with Crippen molar-refractivity contribution in [3.05, 3.63) is 78.6 Å². The maximum atomic E-state index is 13.7. The molecule has 1 fully saturated rings. The Morgan fingerprint density at radius 3 is 2.47 bits per heavy atom. The number of hydrogen-bond donors (Lipinski definition) is 0. The van der Waals surface area contributed by atoms with Crippen LogP contribution in [0.1, 0.15) is 72.1 Å². The number of fused-ring (bicyclic) bond motifs is 1. The van der Waals surface area contributed by atoms with Crippen LogP contribution in [0.25, 0.3) is 27.8 Å². The van der Waals surface area contributed by atoms with Crippen molar-refractivity contribution in [1.29, 1.82) is 0 Å². The molecule has 1 saturated carbocycles. The largest absolute Gasteiger partial charge is 0.444 e. The van der Waals surface area contributed by atoms with Gasteiger partial charge in [0.1, 0.15) is 16.9 Å². The van der Waals surface area contributed by atoms with E-state index in [1.807, 2.05) is 90.3 Å². The third-order valence-electron chi connectivity index (χ3n) is 7.90. The fourth-order valence-corrected chi connectivity index (χ4v) is 5.56. The smallest absolute Gasteiger partial charge is 0.419 e. The summed E-state index contributed by atoms with van der Waals surface area (Å²) in [6.45, 7) is 12.3. The first kappa shape index (κ1) is 32.0. The highest BCUT2D eigenvalue weighted by Crippen LogP contribution is 2.30. The van der Waals surface area contributed by atoms with Gasteiger partial charge in [-0.1, -0.05) is 23.8 Å². The number of ether oxygens (including phenoxy) is 2. The number of amides is 1. The molecule has 12 heteroatoms. The van der Waals surface area contributed by atoms with Crippen LogP contribution in [0.3, 0.4) is 0 Å². The summed E-state index contributed by atoms with van der Waals surface area (Å²) in [5, 5.41) is 13.9. The monoisotopic (exact) mass is 638 g/mol. The molecule has 1 aromatic carbocycles. The molecule has 4 aromatic heterocycles. The molecule has 1 aliphatic rings. The van der Waals surface area contributed by atoms with E-state index in [-0.39, 0.29) is 6.54 Å². The number of benzene rings is 1. The van der Waals surface area contributed by atoms with Crippen LogP contribution in [0, 0.1) is 5.92 Å². The van der Waals surface area contributed by atoms with Gasteiger partial charge >= 0.3 is 12.2 Å². The number of rotatable bonds is 8. The lowest BCUT2D eigenvalue weighted by atomic mass is 9.85. The summed E-state index contributed by atoms with van der Waals surface area (Å²) >= 11 is 0. The van der Waals surface area contributed by atoms with Gasteiger partial charge in [-0.25, -0.2) is 23.5 Å². The number of hydrogen-bond acceptors (Lipinski definition) is 8. The molecule has 0 radical (unpaired) electrons. The van der Waals surface area contributed by atoms with Crippen LogP contribution < -0.4 is 0 Å². The maximum absolute atomic E-state index is 13.7. The third-order valence-corrected chi connectivity index (χ3v) is 7.90. The van der Waals surface area contributed by atoms with Crippen LogP contribution in [0.2, 0.25) is 0 Å². The Morgan fingerprint density at radius 2 is 1.79 bits per heavy atom. The zero-order chi connectivity index (χ0) is 33.3. The zero-order valence-corrected chi connectivity index (χ0v) is 27.9. The molecule has 1 aliphatic carbocycles. The highest BCUT2D eigenvalue weighted by Gasteiger charge is 2.30. The van der Waals surface area contributed by atoms with Gasteiger partial charge in [0.2, 0.25) is 0 Å². The van der Waals surface area contributed by atoms with Crippen molar-refractivity contribution < 1.29 is 19.1 Å². The Labute approximate surface area is 274 Å². The van der Waals surface area contributed by atoms with Gasteiger partial charge < -0.3 is 14.4 Å². The van der Waals surface area contributed by atoms with E-state index in [1.165, 1.54) is 0 Å². The number of carbonyl (C=O) groups excluding carboxylic acids is 2. The van der Waals surface area contributed by atoms with Gasteiger partial charge in [0.25, 0.3) is 0 Å². The first-order valence-electron chi connectivity index (χ1n) is 16.0. The van der Waals surface area contributed by atoms with E-state index in [9.17, 15) is 9.59 Å². The van der Waals surface area contributed by atoms with E-state index in [4.69, 9.17) is 9.47 Å². The molecular formula is C35H42N8O4. The van der Waals surface area contributed by atoms with Crippen LogP contribution in [0.15, 0.2) is 67.4 Å². The summed E-state index contributed by atoms with van der Waals surface area (Å²) < 4.78 is 16.7. The molecule has 0 bridgehead atoms. The first-order valence-corrected chi connectivity index (χ1v) is 16.0. The summed E-state index contributed by atoms with van der Waals surface area (Å²) in [6, 6.07) is 11.7. The average molecular weight is 639 g/mol. The van der Waals surface area contributed by atoms with Gasteiger partial charge in [0.05, 0.1) is 36.7 Å². The van der Waals surface area contributed by atoms with Crippen LogP contribution in [-0.2, 0) is 22.6 Å². The second-order valence-electron chi connectivity index (χ2n) is 14.2. The first-order chi connectivity index (χ1) is 22.3. The molecule has 0 unspecified atom stereocenters. The highest BCUT2D eigenvalue weighted by molar-refractivity contribution is 5.91. The zero-order valence-electron chi connectivity index (χ0n) is 27.9. The van der Waals surface area contributed by atoms with Crippen molar-refractivity contribution in [2.24, 2.45) is 5.92 Å². The predicted molar refractivity (Wildman–Crippen MR) is 177 cm³/mol. The lowest BCUT2D eigenvalue weighted by Crippen LogP contribution is -2.41. The van der Waals surface area contributed by atoms with Crippen LogP contribution >= 0.6 is 0 Å².